The molecule has 0 heterocycles. The number of carbonyl (C=O) groups is 3. The van der Waals surface area contributed by atoms with Crippen LogP contribution in [0.15, 0.2) is 78.9 Å². The molecule has 1 aliphatic rings. The van der Waals surface area contributed by atoms with Crippen LogP contribution < -0.4 is 16.4 Å². The van der Waals surface area contributed by atoms with Gasteiger partial charge in [0.25, 0.3) is 5.91 Å². The van der Waals surface area contributed by atoms with Crippen molar-refractivity contribution in [2.75, 3.05) is 33.0 Å². The predicted octanol–water partition coefficient (Wildman–Crippen LogP) is 3.55. The fraction of sp³-hybridized carbons (Fsp3) is 0.400. The van der Waals surface area contributed by atoms with Gasteiger partial charge in [0.1, 0.15) is 19.3 Å². The van der Waals surface area contributed by atoms with Crippen molar-refractivity contribution in [1.82, 2.24) is 10.6 Å². The zero-order valence-electron chi connectivity index (χ0n) is 25.8. The average molecular weight is 618 g/mol. The van der Waals surface area contributed by atoms with Crippen LogP contribution >= 0.6 is 0 Å². The number of carbonyl (C=O) groups excluding carboxylic acids is 3. The molecule has 1 aliphatic carbocycles. The van der Waals surface area contributed by atoms with Crippen molar-refractivity contribution in [2.45, 2.75) is 50.8 Å². The first-order chi connectivity index (χ1) is 21.8. The molecular formula is C35H43N3O7. The topological polar surface area (TPSA) is 149 Å². The highest BCUT2D eigenvalue weighted by molar-refractivity contribution is 5.88. The van der Waals surface area contributed by atoms with E-state index in [0.29, 0.717) is 19.6 Å². The second-order valence-electron chi connectivity index (χ2n) is 11.5. The summed E-state index contributed by atoms with van der Waals surface area (Å²) >= 11 is 0. The van der Waals surface area contributed by atoms with Gasteiger partial charge < -0.3 is 35.7 Å². The summed E-state index contributed by atoms with van der Waals surface area (Å²) in [7, 11) is 0. The molecule has 4 rings (SSSR count). The molecule has 10 heteroatoms. The molecule has 0 aromatic heterocycles. The maximum Gasteiger partial charge on any atom is 0.407 e. The van der Waals surface area contributed by atoms with Crippen LogP contribution in [0.2, 0.25) is 0 Å². The number of fused-ring (bicyclic) bond motifs is 3. The number of esters is 1. The number of nitrogens with two attached hydrogens (primary N) is 1. The average Bonchev–Trinajstić information content (AvgIpc) is 3.36. The van der Waals surface area contributed by atoms with Crippen LogP contribution in [0.3, 0.4) is 0 Å². The highest BCUT2D eigenvalue weighted by Gasteiger charge is 2.33. The van der Waals surface area contributed by atoms with E-state index in [-0.39, 0.29) is 38.1 Å². The highest BCUT2D eigenvalue weighted by atomic mass is 16.6. The maximum absolute atomic E-state index is 13.3. The summed E-state index contributed by atoms with van der Waals surface area (Å²) in [5.41, 5.74) is 10.5. The molecule has 0 aliphatic heterocycles. The van der Waals surface area contributed by atoms with Crippen molar-refractivity contribution >= 4 is 18.0 Å². The first-order valence-electron chi connectivity index (χ1n) is 15.4. The number of amides is 2. The van der Waals surface area contributed by atoms with Crippen LogP contribution in [-0.4, -0.2) is 74.2 Å². The lowest BCUT2D eigenvalue weighted by atomic mass is 9.98. The third-order valence-corrected chi connectivity index (χ3v) is 7.64. The molecule has 2 amide bonds. The Labute approximate surface area is 264 Å². The Morgan fingerprint density at radius 1 is 0.822 bits per heavy atom. The van der Waals surface area contributed by atoms with Gasteiger partial charge >= 0.3 is 12.1 Å². The van der Waals surface area contributed by atoms with Crippen LogP contribution in [0.1, 0.15) is 42.9 Å². The third kappa shape index (κ3) is 9.37. The first-order valence-corrected chi connectivity index (χ1v) is 15.4. The summed E-state index contributed by atoms with van der Waals surface area (Å²) < 4.78 is 16.2. The minimum absolute atomic E-state index is 0.00578. The van der Waals surface area contributed by atoms with E-state index in [9.17, 15) is 19.5 Å². The number of aliphatic hydroxyl groups excluding tert-OH is 1. The van der Waals surface area contributed by atoms with E-state index in [1.807, 2.05) is 80.6 Å². The minimum atomic E-state index is -1.68. The summed E-state index contributed by atoms with van der Waals surface area (Å²) in [5, 5.41) is 16.5. The maximum atomic E-state index is 13.3. The molecule has 10 nitrogen and oxygen atoms in total. The molecule has 0 bridgehead atoms. The lowest BCUT2D eigenvalue weighted by molar-refractivity contribution is -0.151. The van der Waals surface area contributed by atoms with Gasteiger partial charge in [-0.3, -0.25) is 4.79 Å². The number of ether oxygens (including phenoxy) is 3. The molecule has 240 valence electrons. The Kier molecular flexibility index (Phi) is 12.5. The van der Waals surface area contributed by atoms with Crippen molar-refractivity contribution in [3.05, 3.63) is 95.6 Å². The van der Waals surface area contributed by atoms with Gasteiger partial charge in [-0.05, 0) is 46.6 Å². The van der Waals surface area contributed by atoms with Gasteiger partial charge in [0.05, 0.1) is 19.3 Å². The molecule has 5 N–H and O–H groups in total. The normalized spacial score (nSPS) is 14.2. The number of alkyl carbamates (subject to hydrolysis) is 1. The summed E-state index contributed by atoms with van der Waals surface area (Å²) in [6, 6.07) is 23.2. The second kappa shape index (κ2) is 16.7. The molecule has 3 aromatic rings. The molecule has 0 saturated heterocycles. The van der Waals surface area contributed by atoms with Crippen molar-refractivity contribution < 1.29 is 33.7 Å². The van der Waals surface area contributed by atoms with Crippen LogP contribution in [0.25, 0.3) is 11.1 Å². The fourth-order valence-corrected chi connectivity index (χ4v) is 5.51. The molecule has 45 heavy (non-hydrogen) atoms. The number of aliphatic hydroxyl groups is 1. The quantitative estimate of drug-likeness (QED) is 0.141. The summed E-state index contributed by atoms with van der Waals surface area (Å²) in [6.07, 6.45) is -2.00. The number of rotatable bonds is 16. The van der Waals surface area contributed by atoms with Crippen LogP contribution in [0.5, 0.6) is 0 Å². The Balaban J connectivity index is 1.42. The number of hydrogen-bond donors (Lipinski definition) is 4. The summed E-state index contributed by atoms with van der Waals surface area (Å²) in [6.45, 7) is 4.77. The lowest BCUT2D eigenvalue weighted by Gasteiger charge is -2.26. The largest absolute Gasteiger partial charge is 0.462 e. The van der Waals surface area contributed by atoms with Gasteiger partial charge in [-0.25, -0.2) is 9.59 Å². The van der Waals surface area contributed by atoms with Gasteiger partial charge in [0.15, 0.2) is 6.10 Å². The monoisotopic (exact) mass is 617 g/mol. The van der Waals surface area contributed by atoms with Gasteiger partial charge in [0, 0.05) is 12.5 Å². The Hall–Kier alpha value is -4.25. The van der Waals surface area contributed by atoms with E-state index in [2.05, 4.69) is 22.8 Å². The van der Waals surface area contributed by atoms with E-state index < -0.39 is 36.2 Å². The SMILES string of the molecule is CC(C)C[C@@H](NC(=O)[C@@H](O)[C@@H](Cc1ccccc1)NC(=O)OCC1c2ccccc2-c2ccccc21)C(=O)OCCOCCN. The third-order valence-electron chi connectivity index (χ3n) is 7.64. The first kappa shape index (κ1) is 33.6. The van der Waals surface area contributed by atoms with E-state index in [0.717, 1.165) is 27.8 Å². The zero-order chi connectivity index (χ0) is 32.2. The second-order valence-corrected chi connectivity index (χ2v) is 11.5. The van der Waals surface area contributed by atoms with Crippen LogP contribution in [-0.2, 0) is 30.2 Å². The highest BCUT2D eigenvalue weighted by Crippen LogP contribution is 2.44. The van der Waals surface area contributed by atoms with Crippen molar-refractivity contribution in [1.29, 1.82) is 0 Å². The molecule has 0 fully saturated rings. The minimum Gasteiger partial charge on any atom is -0.462 e. The molecule has 0 unspecified atom stereocenters. The van der Waals surface area contributed by atoms with Gasteiger partial charge in [-0.1, -0.05) is 92.7 Å². The smallest absolute Gasteiger partial charge is 0.407 e. The van der Waals surface area contributed by atoms with E-state index in [1.165, 1.54) is 0 Å². The Morgan fingerprint density at radius 2 is 1.44 bits per heavy atom. The molecular weight excluding hydrogens is 574 g/mol. The van der Waals surface area contributed by atoms with Gasteiger partial charge in [-0.2, -0.15) is 0 Å². The van der Waals surface area contributed by atoms with Crippen LogP contribution in [0.4, 0.5) is 4.79 Å². The number of benzene rings is 3. The van der Waals surface area contributed by atoms with Gasteiger partial charge in [0.2, 0.25) is 0 Å². The van der Waals surface area contributed by atoms with E-state index >= 15 is 0 Å². The summed E-state index contributed by atoms with van der Waals surface area (Å²) in [5.74, 6) is -1.54. The van der Waals surface area contributed by atoms with Crippen molar-refractivity contribution in [3.63, 3.8) is 0 Å². The lowest BCUT2D eigenvalue weighted by Crippen LogP contribution is -2.55. The van der Waals surface area contributed by atoms with Crippen molar-refractivity contribution in [2.24, 2.45) is 11.7 Å². The summed E-state index contributed by atoms with van der Waals surface area (Å²) in [4.78, 5) is 39.3. The zero-order valence-corrected chi connectivity index (χ0v) is 25.8. The molecule has 3 atom stereocenters. The van der Waals surface area contributed by atoms with Crippen molar-refractivity contribution in [3.8, 4) is 11.1 Å². The molecule has 0 spiro atoms. The molecule has 3 aromatic carbocycles. The van der Waals surface area contributed by atoms with Crippen LogP contribution in [0, 0.1) is 5.92 Å². The predicted molar refractivity (Wildman–Crippen MR) is 170 cm³/mol. The van der Waals surface area contributed by atoms with E-state index in [1.54, 1.807) is 0 Å². The molecule has 0 radical (unpaired) electrons. The fourth-order valence-electron chi connectivity index (χ4n) is 5.51. The number of hydrogen-bond acceptors (Lipinski definition) is 8. The molecule has 0 saturated carbocycles. The Morgan fingerprint density at radius 3 is 2.07 bits per heavy atom. The van der Waals surface area contributed by atoms with E-state index in [4.69, 9.17) is 19.9 Å². The number of nitrogens with one attached hydrogen (secondary N) is 2. The Bertz CT molecular complexity index is 1370. The standard InChI is InChI=1S/C35H43N3O7/c1-23(2)20-31(34(41)44-19-18-43-17-16-36)37-33(40)32(39)30(21-24-10-4-3-5-11-24)38-35(42)45-22-29-27-14-8-6-12-25(27)26-13-7-9-15-28(26)29/h3-15,23,29-32,39H,16-22,36H2,1-2H3,(H,37,40)(H,38,42)/t30-,31-,32+/m1/s1. The van der Waals surface area contributed by atoms with Gasteiger partial charge in [-0.15, -0.1) is 0 Å².